The Morgan fingerprint density at radius 2 is 2.00 bits per heavy atom. The highest BCUT2D eigenvalue weighted by atomic mass is 16.3. The molecule has 1 aromatic heterocycles. The van der Waals surface area contributed by atoms with Crippen molar-refractivity contribution >= 4 is 0 Å². The topological polar surface area (TPSA) is 33.1 Å². The first kappa shape index (κ1) is 14.1. The number of hydrogen-bond acceptors (Lipinski definition) is 2. The van der Waals surface area contributed by atoms with E-state index < -0.39 is 0 Å². The first-order valence-electron chi connectivity index (χ1n) is 8.40. The van der Waals surface area contributed by atoms with E-state index in [9.17, 15) is 5.11 Å². The maximum atomic E-state index is 10.5. The summed E-state index contributed by atoms with van der Waals surface area (Å²) in [6, 6.07) is 4.09. The molecule has 0 radical (unpaired) electrons. The lowest BCUT2D eigenvalue weighted by molar-refractivity contribution is 0.0314. The van der Waals surface area contributed by atoms with Gasteiger partial charge in [-0.3, -0.25) is 4.98 Å². The molecule has 110 valence electrons. The Hall–Kier alpha value is -0.890. The van der Waals surface area contributed by atoms with Crippen LogP contribution in [-0.2, 0) is 6.42 Å². The molecule has 2 saturated carbocycles. The average Bonchev–Trinajstić information content (AvgIpc) is 2.53. The zero-order valence-electron chi connectivity index (χ0n) is 12.4. The molecule has 0 amide bonds. The number of aromatic nitrogens is 1. The van der Waals surface area contributed by atoms with E-state index >= 15 is 0 Å². The highest BCUT2D eigenvalue weighted by molar-refractivity contribution is 5.08. The van der Waals surface area contributed by atoms with E-state index in [4.69, 9.17) is 0 Å². The fourth-order valence-electron chi connectivity index (χ4n) is 4.36. The van der Waals surface area contributed by atoms with E-state index in [-0.39, 0.29) is 6.10 Å². The van der Waals surface area contributed by atoms with E-state index in [1.54, 1.807) is 0 Å². The number of aliphatic hydroxyl groups excluding tert-OH is 1. The molecule has 3 rings (SSSR count). The van der Waals surface area contributed by atoms with Crippen LogP contribution in [0.4, 0.5) is 0 Å². The van der Waals surface area contributed by atoms with Crippen molar-refractivity contribution in [1.29, 1.82) is 0 Å². The van der Waals surface area contributed by atoms with Gasteiger partial charge in [0.2, 0.25) is 0 Å². The average molecular weight is 273 g/mol. The van der Waals surface area contributed by atoms with Gasteiger partial charge in [-0.25, -0.2) is 0 Å². The van der Waals surface area contributed by atoms with Crippen LogP contribution in [0.2, 0.25) is 0 Å². The van der Waals surface area contributed by atoms with Crippen molar-refractivity contribution in [2.45, 2.75) is 63.9 Å². The van der Waals surface area contributed by atoms with Crippen LogP contribution in [0.15, 0.2) is 24.5 Å². The number of rotatable bonds is 4. The predicted octanol–water partition coefficient (Wildman–Crippen LogP) is 3.98. The van der Waals surface area contributed by atoms with E-state index in [1.165, 1.54) is 50.5 Å². The molecule has 1 N–H and O–H groups in total. The van der Waals surface area contributed by atoms with Gasteiger partial charge >= 0.3 is 0 Å². The Labute approximate surface area is 122 Å². The SMILES string of the molecule is OC(CCc1cccnc1)C1CCC2CCCCC2C1. The summed E-state index contributed by atoms with van der Waals surface area (Å²) in [6.45, 7) is 0. The van der Waals surface area contributed by atoms with Crippen LogP contribution in [0.3, 0.4) is 0 Å². The lowest BCUT2D eigenvalue weighted by Gasteiger charge is -2.40. The minimum atomic E-state index is -0.113. The molecule has 20 heavy (non-hydrogen) atoms. The molecule has 4 atom stereocenters. The molecule has 1 aromatic rings. The van der Waals surface area contributed by atoms with Crippen LogP contribution in [0.5, 0.6) is 0 Å². The van der Waals surface area contributed by atoms with Crippen molar-refractivity contribution in [3.05, 3.63) is 30.1 Å². The highest BCUT2D eigenvalue weighted by Gasteiger charge is 2.34. The standard InChI is InChI=1S/C18H27NO/c20-18(10-7-14-4-3-11-19-13-14)17-9-8-15-5-1-2-6-16(15)12-17/h3-4,11,13,15-18,20H,1-2,5-10,12H2. The van der Waals surface area contributed by atoms with Crippen LogP contribution in [0, 0.1) is 17.8 Å². The van der Waals surface area contributed by atoms with Crippen molar-refractivity contribution in [2.75, 3.05) is 0 Å². The largest absolute Gasteiger partial charge is 0.393 e. The number of aryl methyl sites for hydroxylation is 1. The molecule has 2 aliphatic carbocycles. The third kappa shape index (κ3) is 3.41. The van der Waals surface area contributed by atoms with Gasteiger partial charge in [-0.1, -0.05) is 31.7 Å². The van der Waals surface area contributed by atoms with Crippen LogP contribution in [-0.4, -0.2) is 16.2 Å². The summed E-state index contributed by atoms with van der Waals surface area (Å²) in [5, 5.41) is 10.5. The number of pyridine rings is 1. The molecule has 2 nitrogen and oxygen atoms in total. The van der Waals surface area contributed by atoms with E-state index in [2.05, 4.69) is 11.1 Å². The molecule has 0 bridgehead atoms. The molecule has 4 unspecified atom stereocenters. The maximum Gasteiger partial charge on any atom is 0.0571 e. The van der Waals surface area contributed by atoms with Crippen molar-refractivity contribution in [3.63, 3.8) is 0 Å². The van der Waals surface area contributed by atoms with Crippen molar-refractivity contribution < 1.29 is 5.11 Å². The Kier molecular flexibility index (Phi) is 4.72. The van der Waals surface area contributed by atoms with Crippen LogP contribution in [0.1, 0.15) is 56.9 Å². The van der Waals surface area contributed by atoms with Crippen molar-refractivity contribution in [1.82, 2.24) is 4.98 Å². The number of nitrogens with zero attached hydrogens (tertiary/aromatic N) is 1. The van der Waals surface area contributed by atoms with Crippen LogP contribution >= 0.6 is 0 Å². The summed E-state index contributed by atoms with van der Waals surface area (Å²) in [6.07, 6.45) is 15.1. The number of aliphatic hydroxyl groups is 1. The van der Waals surface area contributed by atoms with E-state index in [0.717, 1.165) is 24.7 Å². The summed E-state index contributed by atoms with van der Waals surface area (Å²) < 4.78 is 0. The number of fused-ring (bicyclic) bond motifs is 1. The monoisotopic (exact) mass is 273 g/mol. The van der Waals surface area contributed by atoms with Gasteiger partial charge in [0.25, 0.3) is 0 Å². The quantitative estimate of drug-likeness (QED) is 0.900. The third-order valence-corrected chi connectivity index (χ3v) is 5.58. The molecule has 0 aliphatic heterocycles. The Balaban J connectivity index is 1.49. The lowest BCUT2D eigenvalue weighted by Crippen LogP contribution is -2.33. The first-order valence-corrected chi connectivity index (χ1v) is 8.40. The van der Waals surface area contributed by atoms with Gasteiger partial charge in [0.15, 0.2) is 0 Å². The van der Waals surface area contributed by atoms with Gasteiger partial charge in [-0.2, -0.15) is 0 Å². The molecular formula is C18H27NO. The molecule has 2 aliphatic rings. The van der Waals surface area contributed by atoms with Gasteiger partial charge in [0, 0.05) is 12.4 Å². The normalized spacial score (nSPS) is 31.6. The Bertz CT molecular complexity index is 405. The summed E-state index contributed by atoms with van der Waals surface area (Å²) >= 11 is 0. The molecule has 2 fully saturated rings. The zero-order valence-corrected chi connectivity index (χ0v) is 12.4. The van der Waals surface area contributed by atoms with Crippen LogP contribution < -0.4 is 0 Å². The van der Waals surface area contributed by atoms with Crippen molar-refractivity contribution in [2.24, 2.45) is 17.8 Å². The zero-order chi connectivity index (χ0) is 13.8. The lowest BCUT2D eigenvalue weighted by atomic mass is 9.66. The highest BCUT2D eigenvalue weighted by Crippen LogP contribution is 2.43. The molecular weight excluding hydrogens is 246 g/mol. The van der Waals surface area contributed by atoms with Gasteiger partial charge in [0.1, 0.15) is 0 Å². The third-order valence-electron chi connectivity index (χ3n) is 5.58. The molecule has 2 heteroatoms. The maximum absolute atomic E-state index is 10.5. The summed E-state index contributed by atoms with van der Waals surface area (Å²) in [5.74, 6) is 2.44. The first-order chi connectivity index (χ1) is 9.83. The molecule has 1 heterocycles. The Morgan fingerprint density at radius 1 is 1.15 bits per heavy atom. The fourth-order valence-corrected chi connectivity index (χ4v) is 4.36. The molecule has 0 spiro atoms. The van der Waals surface area contributed by atoms with Gasteiger partial charge in [-0.15, -0.1) is 0 Å². The summed E-state index contributed by atoms with van der Waals surface area (Å²) in [7, 11) is 0. The second-order valence-electron chi connectivity index (χ2n) is 6.85. The van der Waals surface area contributed by atoms with Crippen LogP contribution in [0.25, 0.3) is 0 Å². The second kappa shape index (κ2) is 6.71. The smallest absolute Gasteiger partial charge is 0.0571 e. The van der Waals surface area contributed by atoms with Gasteiger partial charge in [0.05, 0.1) is 6.10 Å². The van der Waals surface area contributed by atoms with Crippen molar-refractivity contribution in [3.8, 4) is 0 Å². The minimum absolute atomic E-state index is 0.113. The van der Waals surface area contributed by atoms with Gasteiger partial charge < -0.3 is 5.11 Å². The Morgan fingerprint density at radius 3 is 2.80 bits per heavy atom. The second-order valence-corrected chi connectivity index (χ2v) is 6.85. The minimum Gasteiger partial charge on any atom is -0.393 e. The van der Waals surface area contributed by atoms with Gasteiger partial charge in [-0.05, 0) is 61.5 Å². The summed E-state index contributed by atoms with van der Waals surface area (Å²) in [4.78, 5) is 4.15. The molecule has 0 saturated heterocycles. The number of hydrogen-bond donors (Lipinski definition) is 1. The molecule has 0 aromatic carbocycles. The van der Waals surface area contributed by atoms with E-state index in [0.29, 0.717) is 5.92 Å². The predicted molar refractivity (Wildman–Crippen MR) is 81.4 cm³/mol. The fraction of sp³-hybridized carbons (Fsp3) is 0.722. The van der Waals surface area contributed by atoms with E-state index in [1.807, 2.05) is 18.5 Å². The summed E-state index contributed by atoms with van der Waals surface area (Å²) in [5.41, 5.74) is 1.25.